The van der Waals surface area contributed by atoms with Crippen LogP contribution in [0.15, 0.2) is 18.2 Å². The van der Waals surface area contributed by atoms with Gasteiger partial charge in [0, 0.05) is 24.2 Å². The Hall–Kier alpha value is -0.770. The lowest BCUT2D eigenvalue weighted by molar-refractivity contribution is 0.0764. The van der Waals surface area contributed by atoms with Gasteiger partial charge in [0.2, 0.25) is 0 Å². The summed E-state index contributed by atoms with van der Waals surface area (Å²) in [6.07, 6.45) is 0.871. The van der Waals surface area contributed by atoms with E-state index in [4.69, 9.17) is 21.1 Å². The highest BCUT2D eigenvalue weighted by Crippen LogP contribution is 2.23. The van der Waals surface area contributed by atoms with Crippen LogP contribution in [0.2, 0.25) is 5.02 Å². The lowest BCUT2D eigenvalue weighted by Gasteiger charge is -2.25. The Balaban J connectivity index is 2.69. The van der Waals surface area contributed by atoms with Gasteiger partial charge in [-0.25, -0.2) is 0 Å². The zero-order valence-electron chi connectivity index (χ0n) is 13.1. The lowest BCUT2D eigenvalue weighted by Crippen LogP contribution is -2.44. The summed E-state index contributed by atoms with van der Waals surface area (Å²) in [7, 11) is 1.69. The molecule has 0 aliphatic heterocycles. The third-order valence-corrected chi connectivity index (χ3v) is 3.28. The van der Waals surface area contributed by atoms with Crippen LogP contribution in [-0.4, -0.2) is 31.9 Å². The van der Waals surface area contributed by atoms with Gasteiger partial charge in [-0.2, -0.15) is 0 Å². The molecule has 0 aliphatic rings. The number of benzene rings is 1. The third kappa shape index (κ3) is 6.12. The van der Waals surface area contributed by atoms with E-state index in [2.05, 4.69) is 33.0 Å². The van der Waals surface area contributed by atoms with Gasteiger partial charge in [-0.05, 0) is 51.0 Å². The highest BCUT2D eigenvalue weighted by atomic mass is 35.5. The monoisotopic (exact) mass is 299 g/mol. The maximum absolute atomic E-state index is 6.12. The Kier molecular flexibility index (Phi) is 6.80. The predicted molar refractivity (Wildman–Crippen MR) is 84.9 cm³/mol. The molecule has 0 aromatic heterocycles. The second kappa shape index (κ2) is 7.87. The van der Waals surface area contributed by atoms with Crippen molar-refractivity contribution in [3.05, 3.63) is 28.8 Å². The SMILES string of the molecule is CCc1cc(OC(CNC(C)(C)C)COC)ccc1Cl. The van der Waals surface area contributed by atoms with Crippen LogP contribution in [-0.2, 0) is 11.2 Å². The van der Waals surface area contributed by atoms with Gasteiger partial charge >= 0.3 is 0 Å². The van der Waals surface area contributed by atoms with Crippen LogP contribution in [0.5, 0.6) is 5.75 Å². The third-order valence-electron chi connectivity index (χ3n) is 2.91. The number of halogens is 1. The summed E-state index contributed by atoms with van der Waals surface area (Å²) in [6.45, 7) is 9.77. The molecule has 0 fully saturated rings. The minimum absolute atomic E-state index is 0.0230. The number of aryl methyl sites for hydroxylation is 1. The van der Waals surface area contributed by atoms with Gasteiger partial charge in [0.05, 0.1) is 6.61 Å². The molecule has 3 nitrogen and oxygen atoms in total. The van der Waals surface area contributed by atoms with Crippen molar-refractivity contribution in [3.63, 3.8) is 0 Å². The van der Waals surface area contributed by atoms with Crippen LogP contribution >= 0.6 is 11.6 Å². The second-order valence-corrected chi connectivity index (χ2v) is 6.34. The summed E-state index contributed by atoms with van der Waals surface area (Å²) < 4.78 is 11.2. The van der Waals surface area contributed by atoms with Gasteiger partial charge in [-0.1, -0.05) is 18.5 Å². The van der Waals surface area contributed by atoms with E-state index in [9.17, 15) is 0 Å². The van der Waals surface area contributed by atoms with Crippen molar-refractivity contribution in [2.24, 2.45) is 0 Å². The maximum Gasteiger partial charge on any atom is 0.134 e. The number of methoxy groups -OCH3 is 1. The summed E-state index contributed by atoms with van der Waals surface area (Å²) >= 11 is 6.12. The molecule has 1 N–H and O–H groups in total. The molecular weight excluding hydrogens is 274 g/mol. The van der Waals surface area contributed by atoms with Crippen molar-refractivity contribution in [1.29, 1.82) is 0 Å². The van der Waals surface area contributed by atoms with Crippen molar-refractivity contribution in [1.82, 2.24) is 5.32 Å². The zero-order chi connectivity index (χ0) is 15.2. The molecule has 0 bridgehead atoms. The lowest BCUT2D eigenvalue weighted by atomic mass is 10.1. The molecule has 0 saturated carbocycles. The number of hydrogen-bond acceptors (Lipinski definition) is 3. The van der Waals surface area contributed by atoms with E-state index in [1.165, 1.54) is 0 Å². The molecule has 1 atom stereocenters. The van der Waals surface area contributed by atoms with Crippen LogP contribution in [0, 0.1) is 0 Å². The quantitative estimate of drug-likeness (QED) is 0.833. The molecule has 1 rings (SSSR count). The van der Waals surface area contributed by atoms with Crippen molar-refractivity contribution in [2.75, 3.05) is 20.3 Å². The van der Waals surface area contributed by atoms with Gasteiger partial charge in [0.15, 0.2) is 0 Å². The number of rotatable bonds is 7. The summed E-state index contributed by atoms with van der Waals surface area (Å²) in [4.78, 5) is 0. The molecule has 0 aliphatic carbocycles. The fraction of sp³-hybridized carbons (Fsp3) is 0.625. The topological polar surface area (TPSA) is 30.5 Å². The Bertz CT molecular complexity index is 415. The molecule has 0 saturated heterocycles. The largest absolute Gasteiger partial charge is 0.487 e. The molecule has 0 heterocycles. The van der Waals surface area contributed by atoms with E-state index >= 15 is 0 Å². The molecule has 1 aromatic rings. The van der Waals surface area contributed by atoms with E-state index in [0.717, 1.165) is 29.3 Å². The molecular formula is C16H26ClNO2. The average Bonchev–Trinajstić information content (AvgIpc) is 2.37. The van der Waals surface area contributed by atoms with Crippen molar-refractivity contribution < 1.29 is 9.47 Å². The molecule has 1 unspecified atom stereocenters. The predicted octanol–water partition coefficient (Wildman–Crippen LogP) is 3.68. The molecule has 0 spiro atoms. The molecule has 1 aromatic carbocycles. The van der Waals surface area contributed by atoms with E-state index < -0.39 is 0 Å². The first kappa shape index (κ1) is 17.3. The van der Waals surface area contributed by atoms with Gasteiger partial charge in [0.25, 0.3) is 0 Å². The Labute approximate surface area is 127 Å². The summed E-state index contributed by atoms with van der Waals surface area (Å²) in [5, 5.41) is 4.22. The minimum atomic E-state index is -0.0230. The van der Waals surface area contributed by atoms with Crippen LogP contribution in [0.1, 0.15) is 33.3 Å². The molecule has 0 radical (unpaired) electrons. The maximum atomic E-state index is 6.12. The van der Waals surface area contributed by atoms with E-state index in [1.807, 2.05) is 18.2 Å². The number of nitrogens with one attached hydrogen (secondary N) is 1. The zero-order valence-corrected chi connectivity index (χ0v) is 13.9. The van der Waals surface area contributed by atoms with Crippen LogP contribution in [0.3, 0.4) is 0 Å². The first-order valence-corrected chi connectivity index (χ1v) is 7.42. The summed E-state index contributed by atoms with van der Waals surface area (Å²) in [6, 6.07) is 5.79. The highest BCUT2D eigenvalue weighted by Gasteiger charge is 2.16. The van der Waals surface area contributed by atoms with Gasteiger partial charge in [-0.15, -0.1) is 0 Å². The van der Waals surface area contributed by atoms with E-state index in [0.29, 0.717) is 6.61 Å². The van der Waals surface area contributed by atoms with Crippen LogP contribution in [0.25, 0.3) is 0 Å². The summed E-state index contributed by atoms with van der Waals surface area (Å²) in [5.74, 6) is 0.837. The van der Waals surface area contributed by atoms with Crippen LogP contribution < -0.4 is 10.1 Å². The first-order chi connectivity index (χ1) is 9.35. The minimum Gasteiger partial charge on any atom is -0.487 e. The van der Waals surface area contributed by atoms with Gasteiger partial charge < -0.3 is 14.8 Å². The Morgan fingerprint density at radius 1 is 1.30 bits per heavy atom. The van der Waals surface area contributed by atoms with E-state index in [1.54, 1.807) is 7.11 Å². The van der Waals surface area contributed by atoms with Crippen LogP contribution in [0.4, 0.5) is 0 Å². The number of hydrogen-bond donors (Lipinski definition) is 1. The average molecular weight is 300 g/mol. The molecule has 114 valence electrons. The summed E-state index contributed by atoms with van der Waals surface area (Å²) in [5.41, 5.74) is 1.16. The number of ether oxygens (including phenoxy) is 2. The fourth-order valence-electron chi connectivity index (χ4n) is 1.83. The van der Waals surface area contributed by atoms with E-state index in [-0.39, 0.29) is 11.6 Å². The second-order valence-electron chi connectivity index (χ2n) is 5.93. The van der Waals surface area contributed by atoms with Gasteiger partial charge in [0.1, 0.15) is 11.9 Å². The highest BCUT2D eigenvalue weighted by molar-refractivity contribution is 6.31. The van der Waals surface area contributed by atoms with Crippen molar-refractivity contribution in [2.45, 2.75) is 45.8 Å². The molecule has 0 amide bonds. The van der Waals surface area contributed by atoms with Crippen molar-refractivity contribution >= 4 is 11.6 Å². The smallest absolute Gasteiger partial charge is 0.134 e. The Morgan fingerprint density at radius 2 is 2.00 bits per heavy atom. The standard InChI is InChI=1S/C16H26ClNO2/c1-6-12-9-13(7-8-15(12)17)20-14(11-19-5)10-18-16(2,3)4/h7-9,14,18H,6,10-11H2,1-5H3. The van der Waals surface area contributed by atoms with Crippen molar-refractivity contribution in [3.8, 4) is 5.75 Å². The molecule has 20 heavy (non-hydrogen) atoms. The normalized spacial score (nSPS) is 13.3. The fourth-order valence-corrected chi connectivity index (χ4v) is 2.08. The molecule has 4 heteroatoms. The first-order valence-electron chi connectivity index (χ1n) is 7.04. The van der Waals surface area contributed by atoms with Gasteiger partial charge in [-0.3, -0.25) is 0 Å². The Morgan fingerprint density at radius 3 is 2.55 bits per heavy atom.